The van der Waals surface area contributed by atoms with Crippen LogP contribution in [-0.2, 0) is 22.6 Å². The first-order chi connectivity index (χ1) is 12.1. The number of carbonyl (C=O) groups excluding carboxylic acids is 2. The van der Waals surface area contributed by atoms with E-state index in [-0.39, 0.29) is 5.91 Å². The van der Waals surface area contributed by atoms with Gasteiger partial charge in [-0.25, -0.2) is 5.48 Å². The van der Waals surface area contributed by atoms with Crippen molar-refractivity contribution in [1.82, 2.24) is 5.48 Å². The zero-order valence-electron chi connectivity index (χ0n) is 13.7. The van der Waals surface area contributed by atoms with Gasteiger partial charge in [-0.3, -0.25) is 14.8 Å². The quantitative estimate of drug-likeness (QED) is 0.336. The Balaban J connectivity index is 2.04. The molecule has 0 atom stereocenters. The molecule has 0 aromatic heterocycles. The van der Waals surface area contributed by atoms with Gasteiger partial charge in [0.1, 0.15) is 0 Å². The molecular weight excluding hydrogens is 318 g/mol. The standard InChI is InChI=1S/C19H21N3O3/c20-18(23)10-8-14-4-3-5-15(12-14)13-21-17-7-2-1-6-16(17)9-11-19(24)22-25/h1-7,9,11-12,21,25H,8,10,13H2,(H2,20,23)(H,22,24)/b11-9+. The molecule has 0 aliphatic heterocycles. The summed E-state index contributed by atoms with van der Waals surface area (Å²) >= 11 is 0. The molecule has 0 saturated carbocycles. The van der Waals surface area contributed by atoms with E-state index in [1.54, 1.807) is 11.6 Å². The van der Waals surface area contributed by atoms with Crippen molar-refractivity contribution in [3.63, 3.8) is 0 Å². The number of aryl methyl sites for hydroxylation is 1. The van der Waals surface area contributed by atoms with Crippen molar-refractivity contribution in [3.8, 4) is 0 Å². The molecule has 0 spiro atoms. The van der Waals surface area contributed by atoms with Gasteiger partial charge in [0.15, 0.2) is 0 Å². The van der Waals surface area contributed by atoms with Crippen molar-refractivity contribution in [2.75, 3.05) is 5.32 Å². The predicted molar refractivity (Wildman–Crippen MR) is 96.7 cm³/mol. The van der Waals surface area contributed by atoms with E-state index in [1.165, 1.54) is 6.08 Å². The van der Waals surface area contributed by atoms with Crippen LogP contribution in [0.5, 0.6) is 0 Å². The van der Waals surface area contributed by atoms with E-state index in [0.717, 1.165) is 22.4 Å². The van der Waals surface area contributed by atoms with E-state index in [9.17, 15) is 9.59 Å². The Hall–Kier alpha value is -3.12. The molecule has 0 heterocycles. The molecule has 0 aliphatic carbocycles. The lowest BCUT2D eigenvalue weighted by molar-refractivity contribution is -0.124. The van der Waals surface area contributed by atoms with Gasteiger partial charge in [0.05, 0.1) is 0 Å². The maximum Gasteiger partial charge on any atom is 0.267 e. The van der Waals surface area contributed by atoms with Gasteiger partial charge in [0.25, 0.3) is 5.91 Å². The van der Waals surface area contributed by atoms with Crippen LogP contribution in [-0.4, -0.2) is 17.0 Å². The molecule has 0 saturated heterocycles. The number of primary amides is 1. The third kappa shape index (κ3) is 6.12. The minimum atomic E-state index is -0.586. The molecular formula is C19H21N3O3. The van der Waals surface area contributed by atoms with Gasteiger partial charge in [0.2, 0.25) is 5.91 Å². The molecule has 0 bridgehead atoms. The van der Waals surface area contributed by atoms with Gasteiger partial charge in [-0.15, -0.1) is 0 Å². The predicted octanol–water partition coefficient (Wildman–Crippen LogP) is 2.24. The number of rotatable bonds is 8. The van der Waals surface area contributed by atoms with E-state index in [1.807, 2.05) is 48.5 Å². The smallest absolute Gasteiger partial charge is 0.267 e. The molecule has 0 radical (unpaired) electrons. The van der Waals surface area contributed by atoms with Gasteiger partial charge in [-0.2, -0.15) is 0 Å². The van der Waals surface area contributed by atoms with E-state index < -0.39 is 5.91 Å². The highest BCUT2D eigenvalue weighted by atomic mass is 16.5. The second kappa shape index (κ2) is 9.24. The van der Waals surface area contributed by atoms with Crippen molar-refractivity contribution < 1.29 is 14.8 Å². The Kier molecular flexibility index (Phi) is 6.74. The maximum absolute atomic E-state index is 11.1. The minimum absolute atomic E-state index is 0.309. The zero-order chi connectivity index (χ0) is 18.1. The lowest BCUT2D eigenvalue weighted by Crippen LogP contribution is -2.14. The second-order valence-corrected chi connectivity index (χ2v) is 5.54. The third-order valence-corrected chi connectivity index (χ3v) is 3.62. The number of carbonyl (C=O) groups is 2. The number of nitrogens with one attached hydrogen (secondary N) is 2. The molecule has 0 unspecified atom stereocenters. The maximum atomic E-state index is 11.1. The number of hydrogen-bond donors (Lipinski definition) is 4. The number of benzene rings is 2. The lowest BCUT2D eigenvalue weighted by Gasteiger charge is -2.11. The highest BCUT2D eigenvalue weighted by Crippen LogP contribution is 2.18. The number of anilines is 1. The third-order valence-electron chi connectivity index (χ3n) is 3.62. The number of para-hydroxylation sites is 1. The molecule has 2 aromatic rings. The number of hydrogen-bond acceptors (Lipinski definition) is 4. The van der Waals surface area contributed by atoms with Gasteiger partial charge < -0.3 is 11.1 Å². The Morgan fingerprint density at radius 2 is 1.84 bits per heavy atom. The van der Waals surface area contributed by atoms with Crippen molar-refractivity contribution in [2.45, 2.75) is 19.4 Å². The van der Waals surface area contributed by atoms with Crippen LogP contribution in [0.2, 0.25) is 0 Å². The van der Waals surface area contributed by atoms with Crippen LogP contribution in [0.3, 0.4) is 0 Å². The second-order valence-electron chi connectivity index (χ2n) is 5.54. The van der Waals surface area contributed by atoms with Crippen LogP contribution in [0.4, 0.5) is 5.69 Å². The van der Waals surface area contributed by atoms with E-state index >= 15 is 0 Å². The Morgan fingerprint density at radius 3 is 2.60 bits per heavy atom. The molecule has 0 aliphatic rings. The molecule has 0 fully saturated rings. The average Bonchev–Trinajstić information content (AvgIpc) is 2.63. The summed E-state index contributed by atoms with van der Waals surface area (Å²) in [4.78, 5) is 22.0. The zero-order valence-corrected chi connectivity index (χ0v) is 13.7. The van der Waals surface area contributed by atoms with Crippen LogP contribution in [0.25, 0.3) is 6.08 Å². The topological polar surface area (TPSA) is 104 Å². The molecule has 6 heteroatoms. The number of hydroxylamine groups is 1. The van der Waals surface area contributed by atoms with Gasteiger partial charge in [-0.1, -0.05) is 42.5 Å². The van der Waals surface area contributed by atoms with Crippen molar-refractivity contribution in [2.24, 2.45) is 5.73 Å². The summed E-state index contributed by atoms with van der Waals surface area (Å²) in [6, 6.07) is 15.5. The van der Waals surface area contributed by atoms with Crippen molar-refractivity contribution >= 4 is 23.6 Å². The molecule has 2 aromatic carbocycles. The van der Waals surface area contributed by atoms with Crippen LogP contribution < -0.4 is 16.5 Å². The van der Waals surface area contributed by atoms with Crippen molar-refractivity contribution in [3.05, 3.63) is 71.3 Å². The summed E-state index contributed by atoms with van der Waals surface area (Å²) in [5.41, 5.74) is 10.6. The Morgan fingerprint density at radius 1 is 1.08 bits per heavy atom. The highest BCUT2D eigenvalue weighted by Gasteiger charge is 2.02. The van der Waals surface area contributed by atoms with Crippen LogP contribution in [0, 0.1) is 0 Å². The fourth-order valence-corrected chi connectivity index (χ4v) is 2.37. The normalized spacial score (nSPS) is 10.6. The van der Waals surface area contributed by atoms with E-state index in [2.05, 4.69) is 5.32 Å². The summed E-state index contributed by atoms with van der Waals surface area (Å²) in [6.45, 7) is 0.599. The lowest BCUT2D eigenvalue weighted by atomic mass is 10.1. The first-order valence-corrected chi connectivity index (χ1v) is 7.89. The Bertz CT molecular complexity index is 772. The van der Waals surface area contributed by atoms with Gasteiger partial charge in [0, 0.05) is 24.7 Å². The van der Waals surface area contributed by atoms with Crippen LogP contribution in [0.15, 0.2) is 54.6 Å². The summed E-state index contributed by atoms with van der Waals surface area (Å²) < 4.78 is 0. The van der Waals surface area contributed by atoms with E-state index in [4.69, 9.17) is 10.9 Å². The minimum Gasteiger partial charge on any atom is -0.380 e. The largest absolute Gasteiger partial charge is 0.380 e. The molecule has 25 heavy (non-hydrogen) atoms. The van der Waals surface area contributed by atoms with Crippen LogP contribution in [0.1, 0.15) is 23.1 Å². The molecule has 130 valence electrons. The average molecular weight is 339 g/mol. The summed E-state index contributed by atoms with van der Waals surface area (Å²) in [6.07, 6.45) is 3.83. The first-order valence-electron chi connectivity index (χ1n) is 7.89. The Labute approximate surface area is 146 Å². The first kappa shape index (κ1) is 18.2. The fraction of sp³-hybridized carbons (Fsp3) is 0.158. The molecule has 5 N–H and O–H groups in total. The number of nitrogens with two attached hydrogens (primary N) is 1. The monoisotopic (exact) mass is 339 g/mol. The van der Waals surface area contributed by atoms with Gasteiger partial charge >= 0.3 is 0 Å². The highest BCUT2D eigenvalue weighted by molar-refractivity contribution is 5.91. The molecule has 2 amide bonds. The SMILES string of the molecule is NC(=O)CCc1cccc(CNc2ccccc2/C=C/C(=O)NO)c1. The number of amides is 2. The van der Waals surface area contributed by atoms with Gasteiger partial charge in [-0.05, 0) is 35.3 Å². The summed E-state index contributed by atoms with van der Waals surface area (Å²) in [7, 11) is 0. The fourth-order valence-electron chi connectivity index (χ4n) is 2.37. The van der Waals surface area contributed by atoms with Crippen molar-refractivity contribution in [1.29, 1.82) is 0 Å². The van der Waals surface area contributed by atoms with E-state index in [0.29, 0.717) is 19.4 Å². The molecule has 2 rings (SSSR count). The summed E-state index contributed by atoms with van der Waals surface area (Å²) in [5, 5.41) is 11.9. The van der Waals surface area contributed by atoms with Crippen LogP contribution >= 0.6 is 0 Å². The molecule has 6 nitrogen and oxygen atoms in total. The summed E-state index contributed by atoms with van der Waals surface area (Å²) in [5.74, 6) is -0.895.